The second-order valence-corrected chi connectivity index (χ2v) is 14.0. The van der Waals surface area contributed by atoms with Crippen LogP contribution >= 0.6 is 9.39 Å². The number of allylic oxidation sites excluding steroid dienone is 6. The van der Waals surface area contributed by atoms with E-state index in [2.05, 4.69) is 173 Å². The van der Waals surface area contributed by atoms with Crippen LogP contribution in [-0.2, 0) is 5.41 Å². The molecule has 3 N–H and O–H groups in total. The molecule has 1 atom stereocenters. The van der Waals surface area contributed by atoms with Crippen molar-refractivity contribution in [2.45, 2.75) is 18.8 Å². The first-order valence-electron chi connectivity index (χ1n) is 18.4. The fourth-order valence-electron chi connectivity index (χ4n) is 8.67. The highest BCUT2D eigenvalue weighted by molar-refractivity contribution is 7.14. The van der Waals surface area contributed by atoms with E-state index in [1.807, 2.05) is 25.2 Å². The van der Waals surface area contributed by atoms with E-state index in [0.29, 0.717) is 0 Å². The van der Waals surface area contributed by atoms with E-state index < -0.39 is 5.41 Å². The van der Waals surface area contributed by atoms with Crippen LogP contribution in [0.5, 0.6) is 0 Å². The molecule has 0 saturated carbocycles. The Bertz CT molecular complexity index is 2650. The Morgan fingerprint density at radius 3 is 2.04 bits per heavy atom. The Morgan fingerprint density at radius 1 is 0.667 bits per heavy atom. The van der Waals surface area contributed by atoms with E-state index in [0.717, 1.165) is 34.5 Å². The van der Waals surface area contributed by atoms with Crippen molar-refractivity contribution in [1.82, 2.24) is 5.09 Å². The predicted octanol–water partition coefficient (Wildman–Crippen LogP) is 12.9. The second kappa shape index (κ2) is 14.7. The zero-order valence-corrected chi connectivity index (χ0v) is 31.7. The Hall–Kier alpha value is -6.21. The monoisotopic (exact) mass is 714 g/mol. The fraction of sp³-hybridized carbons (Fsp3) is 0.0588. The molecule has 0 bridgehead atoms. The average molecular weight is 715 g/mol. The van der Waals surface area contributed by atoms with Gasteiger partial charge in [-0.3, -0.25) is 0 Å². The van der Waals surface area contributed by atoms with Gasteiger partial charge in [0.2, 0.25) is 0 Å². The van der Waals surface area contributed by atoms with Gasteiger partial charge in [-0.25, -0.2) is 0 Å². The number of nitrogens with two attached hydrogens (primary N) is 1. The molecule has 2 nitrogen and oxygen atoms in total. The molecule has 3 heteroatoms. The molecule has 262 valence electrons. The maximum Gasteiger partial charge on any atom is 0.0731 e. The summed E-state index contributed by atoms with van der Waals surface area (Å²) in [5.74, 6) is 0. The zero-order valence-electron chi connectivity index (χ0n) is 30.5. The molecule has 1 spiro atoms. The molecule has 0 saturated heterocycles. The maximum absolute atomic E-state index is 6.75. The van der Waals surface area contributed by atoms with Crippen LogP contribution in [0.15, 0.2) is 195 Å². The Morgan fingerprint density at radius 2 is 1.31 bits per heavy atom. The largest absolute Gasteiger partial charge is 0.398 e. The molecule has 0 heterocycles. The smallest absolute Gasteiger partial charge is 0.0731 e. The molecule has 0 radical (unpaired) electrons. The van der Waals surface area contributed by atoms with Gasteiger partial charge in [0.25, 0.3) is 0 Å². The Balaban J connectivity index is 0.00000134. The second-order valence-electron chi connectivity index (χ2n) is 13.8. The Kier molecular flexibility index (Phi) is 9.47. The molecular formula is C51H43N2P. The van der Waals surface area contributed by atoms with Gasteiger partial charge in [-0.05, 0) is 112 Å². The molecule has 2 aliphatic rings. The molecule has 54 heavy (non-hydrogen) atoms. The van der Waals surface area contributed by atoms with Crippen molar-refractivity contribution in [2.75, 3.05) is 0 Å². The van der Waals surface area contributed by atoms with Crippen LogP contribution in [0.2, 0.25) is 0 Å². The van der Waals surface area contributed by atoms with E-state index in [1.165, 1.54) is 66.1 Å². The van der Waals surface area contributed by atoms with E-state index in [4.69, 9.17) is 5.73 Å². The number of rotatable bonds is 7. The zero-order chi connectivity index (χ0) is 37.2. The van der Waals surface area contributed by atoms with Crippen molar-refractivity contribution in [3.8, 4) is 33.4 Å². The van der Waals surface area contributed by atoms with E-state index in [-0.39, 0.29) is 0 Å². The van der Waals surface area contributed by atoms with Gasteiger partial charge in [-0.1, -0.05) is 164 Å². The van der Waals surface area contributed by atoms with E-state index in [1.54, 1.807) is 12.2 Å². The third-order valence-corrected chi connectivity index (χ3v) is 11.1. The molecule has 0 aliphatic heterocycles. The first-order valence-corrected chi connectivity index (χ1v) is 19.0. The van der Waals surface area contributed by atoms with Gasteiger partial charge in [0, 0.05) is 23.4 Å². The lowest BCUT2D eigenvalue weighted by Gasteiger charge is -2.31. The molecule has 0 aromatic heterocycles. The number of nitrogens with one attached hydrogen (secondary N) is 1. The SMILES string of the molecule is C=C/C=C(/C/C=C\C=C(/N)c1ccccc1-c1ccc2c3c(ccc2c1)-c1c(ccc2ccccc12)C31c2ccccc2-c2ccccc21)NP.C=CC. The quantitative estimate of drug-likeness (QED) is 0.0980. The first-order chi connectivity index (χ1) is 26.6. The van der Waals surface area contributed by atoms with E-state index >= 15 is 0 Å². The molecular weight excluding hydrogens is 672 g/mol. The van der Waals surface area contributed by atoms with Crippen molar-refractivity contribution in [2.24, 2.45) is 5.73 Å². The summed E-state index contributed by atoms with van der Waals surface area (Å²) >= 11 is 0. The third-order valence-electron chi connectivity index (χ3n) is 10.8. The standard InChI is InChI=1S/C48H37N2P.C3H6/c1-2-13-34(50-51)15-4-12-23-45(49)40-20-7-6-16-35(40)32-24-27-37-33(30-32)25-28-41-46-36-17-5-3-14-31(36)26-29-44(46)48(47(37)41)42-21-10-8-18-38(42)39-19-9-11-22-43(39)48;1-3-2/h2-14,16-30,50H,1,15,49,51H2;3H,1H2,2H3/b12-4-,34-13-,45-23-;. The molecule has 1 unspecified atom stereocenters. The molecule has 0 fully saturated rings. The van der Waals surface area contributed by atoms with Crippen molar-refractivity contribution < 1.29 is 0 Å². The van der Waals surface area contributed by atoms with Crippen molar-refractivity contribution in [3.05, 3.63) is 223 Å². The van der Waals surface area contributed by atoms with Gasteiger partial charge in [0.1, 0.15) is 0 Å². The van der Waals surface area contributed by atoms with Crippen LogP contribution in [0.25, 0.3) is 60.6 Å². The van der Waals surface area contributed by atoms with Crippen LogP contribution in [0.3, 0.4) is 0 Å². The summed E-state index contributed by atoms with van der Waals surface area (Å²) in [7, 11) is 2.54. The molecule has 7 aromatic rings. The lowest BCUT2D eigenvalue weighted by molar-refractivity contribution is 0.802. The molecule has 2 aliphatic carbocycles. The van der Waals surface area contributed by atoms with Crippen LogP contribution in [0.1, 0.15) is 41.2 Å². The summed E-state index contributed by atoms with van der Waals surface area (Å²) in [5.41, 5.74) is 22.1. The van der Waals surface area contributed by atoms with Crippen LogP contribution in [0.4, 0.5) is 0 Å². The molecule has 7 aromatic carbocycles. The van der Waals surface area contributed by atoms with Gasteiger partial charge in [0.15, 0.2) is 0 Å². The predicted molar refractivity (Wildman–Crippen MR) is 236 cm³/mol. The van der Waals surface area contributed by atoms with Crippen molar-refractivity contribution in [1.29, 1.82) is 0 Å². The molecule has 0 amide bonds. The highest BCUT2D eigenvalue weighted by atomic mass is 31.0. The van der Waals surface area contributed by atoms with Crippen LogP contribution in [0, 0.1) is 0 Å². The summed E-state index contributed by atoms with van der Waals surface area (Å²) < 4.78 is 0. The molecule has 9 rings (SSSR count). The van der Waals surface area contributed by atoms with Gasteiger partial charge < -0.3 is 10.8 Å². The summed E-state index contributed by atoms with van der Waals surface area (Å²) in [6.07, 6.45) is 12.3. The van der Waals surface area contributed by atoms with Crippen LogP contribution < -0.4 is 10.8 Å². The maximum atomic E-state index is 6.75. The highest BCUT2D eigenvalue weighted by Crippen LogP contribution is 2.65. The minimum absolute atomic E-state index is 0.424. The van der Waals surface area contributed by atoms with Gasteiger partial charge in [-0.15, -0.1) is 6.58 Å². The van der Waals surface area contributed by atoms with Gasteiger partial charge >= 0.3 is 0 Å². The van der Waals surface area contributed by atoms with Crippen molar-refractivity contribution >= 4 is 36.6 Å². The highest BCUT2D eigenvalue weighted by Gasteiger charge is 2.52. The summed E-state index contributed by atoms with van der Waals surface area (Å²) in [4.78, 5) is 0. The van der Waals surface area contributed by atoms with Crippen molar-refractivity contribution in [3.63, 3.8) is 0 Å². The number of benzene rings is 7. The lowest BCUT2D eigenvalue weighted by atomic mass is 9.69. The number of fused-ring (bicyclic) bond motifs is 14. The van der Waals surface area contributed by atoms with E-state index in [9.17, 15) is 0 Å². The normalized spacial score (nSPS) is 13.6. The first kappa shape index (κ1) is 34.9. The number of hydrogen-bond donors (Lipinski definition) is 2. The minimum Gasteiger partial charge on any atom is -0.398 e. The topological polar surface area (TPSA) is 38.0 Å². The summed E-state index contributed by atoms with van der Waals surface area (Å²) in [5, 5.41) is 8.18. The minimum atomic E-state index is -0.424. The lowest BCUT2D eigenvalue weighted by Crippen LogP contribution is -2.26. The Labute approximate surface area is 321 Å². The van der Waals surface area contributed by atoms with Gasteiger partial charge in [-0.2, -0.15) is 0 Å². The third kappa shape index (κ3) is 5.54. The van der Waals surface area contributed by atoms with Crippen LogP contribution in [-0.4, -0.2) is 0 Å². The van der Waals surface area contributed by atoms with Gasteiger partial charge in [0.05, 0.1) is 5.41 Å². The average Bonchev–Trinajstić information content (AvgIpc) is 3.69. The number of hydrogen-bond acceptors (Lipinski definition) is 2. The summed E-state index contributed by atoms with van der Waals surface area (Å²) in [6.45, 7) is 9.04. The summed E-state index contributed by atoms with van der Waals surface area (Å²) in [6, 6.07) is 51.7. The fourth-order valence-corrected chi connectivity index (χ4v) is 8.89.